The number of hydrogen-bond acceptors (Lipinski definition) is 6. The van der Waals surface area contributed by atoms with Gasteiger partial charge in [0.05, 0.1) is 18.2 Å². The van der Waals surface area contributed by atoms with Crippen LogP contribution in [0.5, 0.6) is 0 Å². The molecule has 1 fully saturated rings. The second kappa shape index (κ2) is 9.99. The summed E-state index contributed by atoms with van der Waals surface area (Å²) in [5, 5.41) is 5.65. The van der Waals surface area contributed by atoms with Crippen LogP contribution in [0, 0.1) is 5.92 Å². The summed E-state index contributed by atoms with van der Waals surface area (Å²) in [6.07, 6.45) is 3.33. The van der Waals surface area contributed by atoms with E-state index in [1.807, 2.05) is 30.5 Å². The second-order valence-corrected chi connectivity index (χ2v) is 8.25. The van der Waals surface area contributed by atoms with Crippen LogP contribution >= 0.6 is 11.8 Å². The van der Waals surface area contributed by atoms with Crippen LogP contribution in [0.15, 0.2) is 40.4 Å². The van der Waals surface area contributed by atoms with E-state index in [2.05, 4.69) is 15.5 Å². The Kier molecular flexibility index (Phi) is 7.38. The number of rotatable bonds is 7. The van der Waals surface area contributed by atoms with E-state index in [0.717, 1.165) is 10.5 Å². The van der Waals surface area contributed by atoms with Gasteiger partial charge in [-0.2, -0.15) is 0 Å². The molecule has 1 unspecified atom stereocenters. The molecule has 162 valence electrons. The van der Waals surface area contributed by atoms with Gasteiger partial charge in [0.25, 0.3) is 0 Å². The van der Waals surface area contributed by atoms with E-state index in [1.165, 1.54) is 0 Å². The predicted octanol–water partition coefficient (Wildman–Crippen LogP) is 1.78. The van der Waals surface area contributed by atoms with Crippen molar-refractivity contribution in [3.8, 4) is 0 Å². The molecule has 1 saturated heterocycles. The molecule has 30 heavy (non-hydrogen) atoms. The molecule has 1 atom stereocenters. The maximum Gasteiger partial charge on any atom is 0.338 e. The van der Waals surface area contributed by atoms with Gasteiger partial charge < -0.3 is 21.1 Å². The Morgan fingerprint density at radius 2 is 1.90 bits per heavy atom. The van der Waals surface area contributed by atoms with E-state index in [4.69, 9.17) is 10.5 Å². The van der Waals surface area contributed by atoms with Crippen LogP contribution in [0.2, 0.25) is 0 Å². The smallest absolute Gasteiger partial charge is 0.338 e. The number of esters is 1. The molecule has 1 aromatic rings. The summed E-state index contributed by atoms with van der Waals surface area (Å²) in [5.41, 5.74) is 7.18. The highest BCUT2D eigenvalue weighted by Gasteiger charge is 2.35. The first-order valence-electron chi connectivity index (χ1n) is 10.1. The third kappa shape index (κ3) is 5.14. The van der Waals surface area contributed by atoms with Crippen molar-refractivity contribution in [2.24, 2.45) is 11.7 Å². The summed E-state index contributed by atoms with van der Waals surface area (Å²) in [6, 6.07) is 6.81. The van der Waals surface area contributed by atoms with Gasteiger partial charge in [0.1, 0.15) is 0 Å². The molecule has 9 heteroatoms. The number of ether oxygens (including phenoxy) is 1. The molecule has 0 bridgehead atoms. The lowest BCUT2D eigenvalue weighted by Crippen LogP contribution is -2.49. The zero-order chi connectivity index (χ0) is 21.7. The van der Waals surface area contributed by atoms with Gasteiger partial charge >= 0.3 is 12.0 Å². The normalized spacial score (nSPS) is 20.5. The number of nitrogens with two attached hydrogens (primary N) is 1. The number of piperidine rings is 1. The fraction of sp³-hybridized carbons (Fsp3) is 0.476. The highest BCUT2D eigenvalue weighted by molar-refractivity contribution is 7.98. The lowest BCUT2D eigenvalue weighted by atomic mass is 9.93. The number of carbonyl (C=O) groups is 3. The van der Waals surface area contributed by atoms with E-state index >= 15 is 0 Å². The fourth-order valence-electron chi connectivity index (χ4n) is 3.84. The largest absolute Gasteiger partial charge is 0.463 e. The summed E-state index contributed by atoms with van der Waals surface area (Å²) in [7, 11) is 0. The van der Waals surface area contributed by atoms with Crippen molar-refractivity contribution in [1.29, 1.82) is 0 Å². The average Bonchev–Trinajstić information content (AvgIpc) is 2.74. The number of hydrogen-bond donors (Lipinski definition) is 3. The van der Waals surface area contributed by atoms with Crippen molar-refractivity contribution in [2.75, 3.05) is 32.5 Å². The minimum absolute atomic E-state index is 0.120. The first-order chi connectivity index (χ1) is 14.4. The highest BCUT2D eigenvalue weighted by atomic mass is 32.2. The lowest BCUT2D eigenvalue weighted by molar-refractivity contribution is -0.139. The summed E-state index contributed by atoms with van der Waals surface area (Å²) in [4.78, 5) is 39.9. The number of nitrogens with one attached hydrogen (secondary N) is 2. The van der Waals surface area contributed by atoms with Crippen LogP contribution < -0.4 is 16.4 Å². The Hall–Kier alpha value is -2.52. The van der Waals surface area contributed by atoms with E-state index in [-0.39, 0.29) is 24.5 Å². The zero-order valence-electron chi connectivity index (χ0n) is 17.3. The molecule has 0 radical (unpaired) electrons. The minimum Gasteiger partial charge on any atom is -0.463 e. The molecule has 3 rings (SSSR count). The van der Waals surface area contributed by atoms with Gasteiger partial charge in [0.2, 0.25) is 5.91 Å². The maximum absolute atomic E-state index is 12.8. The van der Waals surface area contributed by atoms with Gasteiger partial charge in [-0.05, 0) is 56.8 Å². The molecule has 1 aromatic carbocycles. The molecule has 0 spiro atoms. The summed E-state index contributed by atoms with van der Waals surface area (Å²) >= 11 is 1.62. The molecular weight excluding hydrogens is 404 g/mol. The van der Waals surface area contributed by atoms with Crippen LogP contribution in [0.25, 0.3) is 0 Å². The summed E-state index contributed by atoms with van der Waals surface area (Å²) in [5.74, 6) is -0.846. The average molecular weight is 433 g/mol. The highest BCUT2D eigenvalue weighted by Crippen LogP contribution is 2.30. The Bertz CT molecular complexity index is 832. The van der Waals surface area contributed by atoms with E-state index in [0.29, 0.717) is 43.7 Å². The fourth-order valence-corrected chi connectivity index (χ4v) is 4.25. The number of thioether (sulfide) groups is 1. The Morgan fingerprint density at radius 1 is 1.23 bits per heavy atom. The number of nitrogens with zero attached hydrogens (tertiary/aromatic N) is 1. The van der Waals surface area contributed by atoms with E-state index in [9.17, 15) is 14.4 Å². The molecule has 0 aromatic heterocycles. The Morgan fingerprint density at radius 3 is 2.47 bits per heavy atom. The topological polar surface area (TPSA) is 114 Å². The third-order valence-corrected chi connectivity index (χ3v) is 6.21. The number of urea groups is 1. The van der Waals surface area contributed by atoms with Crippen molar-refractivity contribution >= 4 is 29.7 Å². The Balaban J connectivity index is 1.89. The molecular formula is C21H28N4O4S. The number of benzene rings is 1. The number of primary amides is 1. The van der Waals surface area contributed by atoms with Crippen LogP contribution in [0.4, 0.5) is 4.79 Å². The molecule has 0 aliphatic carbocycles. The molecule has 0 saturated carbocycles. The lowest BCUT2D eigenvalue weighted by Gasteiger charge is -2.34. The molecule has 3 amide bonds. The third-order valence-electron chi connectivity index (χ3n) is 5.47. The molecule has 2 heterocycles. The second-order valence-electron chi connectivity index (χ2n) is 7.37. The monoisotopic (exact) mass is 432 g/mol. The van der Waals surface area contributed by atoms with Gasteiger partial charge in [-0.25, -0.2) is 9.59 Å². The van der Waals surface area contributed by atoms with Gasteiger partial charge in [-0.15, -0.1) is 11.8 Å². The van der Waals surface area contributed by atoms with Crippen molar-refractivity contribution < 1.29 is 19.1 Å². The molecule has 4 N–H and O–H groups in total. The van der Waals surface area contributed by atoms with Crippen LogP contribution in [-0.4, -0.2) is 55.3 Å². The number of carbonyl (C=O) groups excluding carboxylic acids is 3. The van der Waals surface area contributed by atoms with E-state index < -0.39 is 12.0 Å². The molecule has 8 nitrogen and oxygen atoms in total. The maximum atomic E-state index is 12.8. The van der Waals surface area contributed by atoms with Gasteiger partial charge in [-0.1, -0.05) is 12.1 Å². The SMILES string of the molecule is CCOC(=O)C1=C(CN2CCC(C(N)=O)CC2)NC(=O)NC1c1ccc(SC)cc1. The minimum atomic E-state index is -0.591. The Labute approximate surface area is 180 Å². The standard InChI is InChI=1S/C21H28N4O4S/c1-3-29-20(27)17-16(12-25-10-8-14(9-11-25)19(22)26)23-21(28)24-18(17)13-4-6-15(30-2)7-5-13/h4-7,14,18H,3,8-12H2,1-2H3,(H2,22,26)(H2,23,24,28). The van der Waals surface area contributed by atoms with Gasteiger partial charge in [0, 0.05) is 23.1 Å². The van der Waals surface area contributed by atoms with Crippen molar-refractivity contribution in [3.63, 3.8) is 0 Å². The first kappa shape index (κ1) is 22.2. The zero-order valence-corrected chi connectivity index (χ0v) is 18.1. The molecule has 2 aliphatic heterocycles. The van der Waals surface area contributed by atoms with Crippen LogP contribution in [0.1, 0.15) is 31.4 Å². The van der Waals surface area contributed by atoms with Crippen molar-refractivity contribution in [1.82, 2.24) is 15.5 Å². The quantitative estimate of drug-likeness (QED) is 0.447. The van der Waals surface area contributed by atoms with Crippen LogP contribution in [0.3, 0.4) is 0 Å². The van der Waals surface area contributed by atoms with Crippen molar-refractivity contribution in [2.45, 2.75) is 30.7 Å². The van der Waals surface area contributed by atoms with Crippen molar-refractivity contribution in [3.05, 3.63) is 41.1 Å². The number of amides is 3. The van der Waals surface area contributed by atoms with Gasteiger partial charge in [0.15, 0.2) is 0 Å². The summed E-state index contributed by atoms with van der Waals surface area (Å²) < 4.78 is 5.31. The summed E-state index contributed by atoms with van der Waals surface area (Å²) in [6.45, 7) is 3.73. The first-order valence-corrected chi connectivity index (χ1v) is 11.3. The van der Waals surface area contributed by atoms with E-state index in [1.54, 1.807) is 18.7 Å². The van der Waals surface area contributed by atoms with Gasteiger partial charge in [-0.3, -0.25) is 9.69 Å². The predicted molar refractivity (Wildman–Crippen MR) is 115 cm³/mol. The molecule has 2 aliphatic rings. The number of likely N-dealkylation sites (tertiary alicyclic amines) is 1. The van der Waals surface area contributed by atoms with Crippen LogP contribution in [-0.2, 0) is 14.3 Å².